The molecule has 2 aromatic rings. The van der Waals surface area contributed by atoms with E-state index in [2.05, 4.69) is 5.32 Å². The van der Waals surface area contributed by atoms with Crippen LogP contribution >= 0.6 is 23.2 Å². The lowest BCUT2D eigenvalue weighted by atomic mass is 10.1. The molecule has 0 aliphatic rings. The zero-order valence-corrected chi connectivity index (χ0v) is 12.7. The minimum Gasteiger partial charge on any atom is -0.394 e. The van der Waals surface area contributed by atoms with Gasteiger partial charge in [-0.3, -0.25) is 4.79 Å². The third-order valence-electron chi connectivity index (χ3n) is 3.08. The van der Waals surface area contributed by atoms with Crippen LogP contribution in [0, 0.1) is 0 Å². The maximum atomic E-state index is 12.2. The zero-order chi connectivity index (χ0) is 15.2. The molecular weight excluding hydrogens is 309 g/mol. The number of hydrogen-bond donors (Lipinski definition) is 2. The number of hydrogen-bond acceptors (Lipinski definition) is 2. The molecule has 1 atom stereocenters. The van der Waals surface area contributed by atoms with Crippen LogP contribution in [0.1, 0.15) is 15.9 Å². The van der Waals surface area contributed by atoms with E-state index >= 15 is 0 Å². The van der Waals surface area contributed by atoms with Crippen molar-refractivity contribution in [2.75, 3.05) is 6.61 Å². The van der Waals surface area contributed by atoms with E-state index in [9.17, 15) is 9.90 Å². The van der Waals surface area contributed by atoms with E-state index in [1.165, 1.54) is 0 Å². The summed E-state index contributed by atoms with van der Waals surface area (Å²) in [6.07, 6.45) is 0.543. The van der Waals surface area contributed by atoms with E-state index in [0.29, 0.717) is 17.0 Å². The second-order valence-electron chi connectivity index (χ2n) is 4.64. The molecule has 1 amide bonds. The molecule has 1 unspecified atom stereocenters. The Morgan fingerprint density at radius 3 is 2.48 bits per heavy atom. The van der Waals surface area contributed by atoms with Crippen molar-refractivity contribution in [2.45, 2.75) is 12.5 Å². The molecule has 0 radical (unpaired) electrons. The highest BCUT2D eigenvalue weighted by Crippen LogP contribution is 2.25. The lowest BCUT2D eigenvalue weighted by molar-refractivity contribution is 0.0916. The monoisotopic (exact) mass is 323 g/mol. The Bertz CT molecular complexity index is 617. The van der Waals surface area contributed by atoms with Gasteiger partial charge in [-0.25, -0.2) is 0 Å². The molecule has 110 valence electrons. The van der Waals surface area contributed by atoms with E-state index < -0.39 is 0 Å². The third-order valence-corrected chi connectivity index (χ3v) is 3.90. The van der Waals surface area contributed by atoms with Crippen molar-refractivity contribution in [3.05, 3.63) is 69.7 Å². The van der Waals surface area contributed by atoms with Crippen LogP contribution in [0.15, 0.2) is 48.5 Å². The van der Waals surface area contributed by atoms with E-state index in [1.54, 1.807) is 18.2 Å². The van der Waals surface area contributed by atoms with Crippen molar-refractivity contribution < 1.29 is 9.90 Å². The minimum atomic E-state index is -0.380. The van der Waals surface area contributed by atoms with Crippen molar-refractivity contribution in [3.8, 4) is 0 Å². The number of halogens is 2. The molecule has 0 aliphatic carbocycles. The van der Waals surface area contributed by atoms with Gasteiger partial charge in [-0.2, -0.15) is 0 Å². The number of benzene rings is 2. The van der Waals surface area contributed by atoms with Gasteiger partial charge in [0, 0.05) is 0 Å². The van der Waals surface area contributed by atoms with Gasteiger partial charge in [-0.1, -0.05) is 59.6 Å². The highest BCUT2D eigenvalue weighted by Gasteiger charge is 2.17. The second kappa shape index (κ2) is 7.46. The van der Waals surface area contributed by atoms with Crippen LogP contribution in [0.25, 0.3) is 0 Å². The summed E-state index contributed by atoms with van der Waals surface area (Å²) in [4.78, 5) is 12.2. The van der Waals surface area contributed by atoms with Crippen molar-refractivity contribution in [3.63, 3.8) is 0 Å². The Labute approximate surface area is 133 Å². The van der Waals surface area contributed by atoms with E-state index in [-0.39, 0.29) is 23.6 Å². The highest BCUT2D eigenvalue weighted by atomic mass is 35.5. The summed E-state index contributed by atoms with van der Waals surface area (Å²) in [6.45, 7) is -0.154. The van der Waals surface area contributed by atoms with Crippen LogP contribution in [0.5, 0.6) is 0 Å². The standard InChI is InChI=1S/C16H15Cl2NO2/c17-14-8-4-7-13(15(14)18)16(21)19-12(10-20)9-11-5-2-1-3-6-11/h1-8,12,20H,9-10H2,(H,19,21). The Kier molecular flexibility index (Phi) is 5.62. The molecule has 21 heavy (non-hydrogen) atoms. The fourth-order valence-corrected chi connectivity index (χ4v) is 2.39. The molecule has 0 spiro atoms. The molecule has 0 saturated carbocycles. The maximum absolute atomic E-state index is 12.2. The van der Waals surface area contributed by atoms with Crippen LogP contribution in [0.2, 0.25) is 10.0 Å². The number of carbonyl (C=O) groups is 1. The van der Waals surface area contributed by atoms with Gasteiger partial charge in [0.2, 0.25) is 0 Å². The Balaban J connectivity index is 2.08. The summed E-state index contributed by atoms with van der Waals surface area (Å²) in [5.41, 5.74) is 1.34. The number of carbonyl (C=O) groups excluding carboxylic acids is 1. The first-order valence-electron chi connectivity index (χ1n) is 6.51. The lowest BCUT2D eigenvalue weighted by Crippen LogP contribution is -2.39. The van der Waals surface area contributed by atoms with Crippen molar-refractivity contribution in [1.82, 2.24) is 5.32 Å². The van der Waals surface area contributed by atoms with Crippen molar-refractivity contribution in [1.29, 1.82) is 0 Å². The summed E-state index contributed by atoms with van der Waals surface area (Å²) < 4.78 is 0. The minimum absolute atomic E-state index is 0.154. The number of aliphatic hydroxyl groups is 1. The summed E-state index contributed by atoms with van der Waals surface area (Å²) in [6, 6.07) is 14.1. The van der Waals surface area contributed by atoms with Crippen molar-refractivity contribution in [2.24, 2.45) is 0 Å². The molecule has 0 aliphatic heterocycles. The average Bonchev–Trinajstić information content (AvgIpc) is 2.50. The molecule has 0 fully saturated rings. The maximum Gasteiger partial charge on any atom is 0.253 e. The summed E-state index contributed by atoms with van der Waals surface area (Å²) >= 11 is 11.9. The third kappa shape index (κ3) is 4.21. The normalized spacial score (nSPS) is 12.0. The van der Waals surface area contributed by atoms with Gasteiger partial charge in [-0.05, 0) is 24.1 Å². The largest absolute Gasteiger partial charge is 0.394 e. The number of amides is 1. The van der Waals surface area contributed by atoms with Crippen LogP contribution in [0.4, 0.5) is 0 Å². The van der Waals surface area contributed by atoms with Gasteiger partial charge < -0.3 is 10.4 Å². The molecule has 2 rings (SSSR count). The zero-order valence-electron chi connectivity index (χ0n) is 11.2. The molecule has 3 nitrogen and oxygen atoms in total. The number of nitrogens with one attached hydrogen (secondary N) is 1. The summed E-state index contributed by atoms with van der Waals surface area (Å²) in [5.74, 6) is -0.350. The molecular formula is C16H15Cl2NO2. The smallest absolute Gasteiger partial charge is 0.253 e. The molecule has 0 aromatic heterocycles. The van der Waals surface area contributed by atoms with E-state index in [0.717, 1.165) is 5.56 Å². The molecule has 2 N–H and O–H groups in total. The predicted octanol–water partition coefficient (Wildman–Crippen LogP) is 3.33. The van der Waals surface area contributed by atoms with Crippen LogP contribution in [-0.2, 0) is 6.42 Å². The van der Waals surface area contributed by atoms with Gasteiger partial charge in [-0.15, -0.1) is 0 Å². The predicted molar refractivity (Wildman–Crippen MR) is 84.9 cm³/mol. The van der Waals surface area contributed by atoms with E-state index in [1.807, 2.05) is 30.3 Å². The molecule has 5 heteroatoms. The van der Waals surface area contributed by atoms with Crippen molar-refractivity contribution >= 4 is 29.1 Å². The Hall–Kier alpha value is -1.55. The molecule has 0 heterocycles. The number of aliphatic hydroxyl groups excluding tert-OH is 1. The van der Waals surface area contributed by atoms with Gasteiger partial charge >= 0.3 is 0 Å². The van der Waals surface area contributed by atoms with Gasteiger partial charge in [0.05, 0.1) is 28.3 Å². The molecule has 2 aromatic carbocycles. The summed E-state index contributed by atoms with van der Waals surface area (Å²) in [7, 11) is 0. The molecule has 0 bridgehead atoms. The number of rotatable bonds is 5. The highest BCUT2D eigenvalue weighted by molar-refractivity contribution is 6.43. The SMILES string of the molecule is O=C(NC(CO)Cc1ccccc1)c1cccc(Cl)c1Cl. The fourth-order valence-electron chi connectivity index (χ4n) is 2.00. The quantitative estimate of drug-likeness (QED) is 0.886. The average molecular weight is 324 g/mol. The van der Waals surface area contributed by atoms with Crippen LogP contribution < -0.4 is 5.32 Å². The van der Waals surface area contributed by atoms with Crippen LogP contribution in [-0.4, -0.2) is 23.7 Å². The van der Waals surface area contributed by atoms with Gasteiger partial charge in [0.1, 0.15) is 0 Å². The Morgan fingerprint density at radius 2 is 1.81 bits per heavy atom. The molecule has 0 saturated heterocycles. The van der Waals surface area contributed by atoms with Gasteiger partial charge in [0.25, 0.3) is 5.91 Å². The van der Waals surface area contributed by atoms with Gasteiger partial charge in [0.15, 0.2) is 0 Å². The van der Waals surface area contributed by atoms with Crippen LogP contribution in [0.3, 0.4) is 0 Å². The topological polar surface area (TPSA) is 49.3 Å². The first-order chi connectivity index (χ1) is 10.1. The first kappa shape index (κ1) is 15.8. The lowest BCUT2D eigenvalue weighted by Gasteiger charge is -2.17. The van der Waals surface area contributed by atoms with E-state index in [4.69, 9.17) is 23.2 Å². The second-order valence-corrected chi connectivity index (χ2v) is 5.43. The first-order valence-corrected chi connectivity index (χ1v) is 7.27. The summed E-state index contributed by atoms with van der Waals surface area (Å²) in [5, 5.41) is 12.7. The fraction of sp³-hybridized carbons (Fsp3) is 0.188. The Morgan fingerprint density at radius 1 is 1.10 bits per heavy atom.